The number of carbonyl (C=O) groups is 1. The van der Waals surface area contributed by atoms with Gasteiger partial charge in [0, 0.05) is 6.61 Å². The lowest BCUT2D eigenvalue weighted by Gasteiger charge is -2.07. The molecule has 0 bridgehead atoms. The molecule has 0 fully saturated rings. The van der Waals surface area contributed by atoms with Gasteiger partial charge in [-0.05, 0) is 24.1 Å². The number of benzene rings is 1. The van der Waals surface area contributed by atoms with Crippen molar-refractivity contribution in [3.8, 4) is 0 Å². The minimum Gasteiger partial charge on any atom is -0.478 e. The Morgan fingerprint density at radius 2 is 2.17 bits per heavy atom. The Balaban J connectivity index is 2.61. The van der Waals surface area contributed by atoms with Crippen molar-refractivity contribution in [1.29, 1.82) is 0 Å². The van der Waals surface area contributed by atoms with Crippen molar-refractivity contribution >= 4 is 17.6 Å². The molecule has 1 rings (SSSR count). The molecule has 5 heteroatoms. The van der Waals surface area contributed by atoms with E-state index < -0.39 is 17.3 Å². The number of hydrogen-bond donors (Lipinski definition) is 1. The predicted octanol–water partition coefficient (Wildman–Crippen LogP) is 3.88. The summed E-state index contributed by atoms with van der Waals surface area (Å²) in [5.41, 5.74) is 0.0467. The molecule has 0 spiro atoms. The number of carboxylic acids is 1. The van der Waals surface area contributed by atoms with Gasteiger partial charge in [0.2, 0.25) is 0 Å². The van der Waals surface area contributed by atoms with Crippen LogP contribution in [0.25, 0.3) is 0 Å². The van der Waals surface area contributed by atoms with Crippen molar-refractivity contribution in [2.45, 2.75) is 32.8 Å². The van der Waals surface area contributed by atoms with E-state index in [0.717, 1.165) is 25.3 Å². The second kappa shape index (κ2) is 7.34. The first kappa shape index (κ1) is 14.9. The maximum atomic E-state index is 13.5. The monoisotopic (exact) mass is 274 g/mol. The third-order valence-corrected chi connectivity index (χ3v) is 2.77. The average molecular weight is 275 g/mol. The zero-order chi connectivity index (χ0) is 13.5. The first-order valence-electron chi connectivity index (χ1n) is 5.85. The normalized spacial score (nSPS) is 10.6. The lowest BCUT2D eigenvalue weighted by molar-refractivity contribution is 0.0691. The molecule has 18 heavy (non-hydrogen) atoms. The minimum atomic E-state index is -1.37. The van der Waals surface area contributed by atoms with Crippen molar-refractivity contribution in [2.75, 3.05) is 6.61 Å². The highest BCUT2D eigenvalue weighted by molar-refractivity contribution is 6.33. The van der Waals surface area contributed by atoms with Crippen LogP contribution in [0.5, 0.6) is 0 Å². The molecule has 0 aliphatic rings. The zero-order valence-electron chi connectivity index (χ0n) is 10.2. The molecule has 3 nitrogen and oxygen atoms in total. The molecule has 0 heterocycles. The van der Waals surface area contributed by atoms with Crippen LogP contribution in [0.15, 0.2) is 12.1 Å². The highest BCUT2D eigenvalue weighted by Gasteiger charge is 2.16. The Morgan fingerprint density at radius 3 is 2.72 bits per heavy atom. The van der Waals surface area contributed by atoms with Crippen molar-refractivity contribution in [2.24, 2.45) is 0 Å². The molecular formula is C13H16ClFO3. The predicted molar refractivity (Wildman–Crippen MR) is 67.6 cm³/mol. The molecule has 1 aromatic rings. The molecule has 0 radical (unpaired) electrons. The number of ether oxygens (including phenoxy) is 1. The topological polar surface area (TPSA) is 46.5 Å². The van der Waals surface area contributed by atoms with E-state index >= 15 is 0 Å². The van der Waals surface area contributed by atoms with E-state index in [4.69, 9.17) is 21.4 Å². The third kappa shape index (κ3) is 4.27. The largest absolute Gasteiger partial charge is 0.478 e. The van der Waals surface area contributed by atoms with Gasteiger partial charge >= 0.3 is 5.97 Å². The van der Waals surface area contributed by atoms with Crippen LogP contribution < -0.4 is 0 Å². The summed E-state index contributed by atoms with van der Waals surface area (Å²) >= 11 is 5.72. The molecular weight excluding hydrogens is 259 g/mol. The third-order valence-electron chi connectivity index (χ3n) is 2.48. The molecule has 0 atom stereocenters. The van der Waals surface area contributed by atoms with Gasteiger partial charge in [0.05, 0.1) is 11.6 Å². The molecule has 0 aliphatic heterocycles. The van der Waals surface area contributed by atoms with Crippen LogP contribution in [0.3, 0.4) is 0 Å². The van der Waals surface area contributed by atoms with Crippen LogP contribution in [-0.2, 0) is 11.3 Å². The molecule has 0 aliphatic carbocycles. The van der Waals surface area contributed by atoms with Gasteiger partial charge in [-0.3, -0.25) is 0 Å². The molecule has 0 unspecified atom stereocenters. The lowest BCUT2D eigenvalue weighted by Crippen LogP contribution is -2.04. The molecule has 0 saturated heterocycles. The summed E-state index contributed by atoms with van der Waals surface area (Å²) in [6.07, 6.45) is 3.16. The van der Waals surface area contributed by atoms with Gasteiger partial charge in [-0.2, -0.15) is 0 Å². The summed E-state index contributed by atoms with van der Waals surface area (Å²) in [5.74, 6) is -2.20. The molecule has 100 valence electrons. The van der Waals surface area contributed by atoms with Crippen LogP contribution in [-0.4, -0.2) is 17.7 Å². The molecule has 0 aromatic heterocycles. The van der Waals surface area contributed by atoms with Gasteiger partial charge in [0.15, 0.2) is 0 Å². The minimum absolute atomic E-state index is 0.102. The summed E-state index contributed by atoms with van der Waals surface area (Å²) in [5, 5.41) is 8.65. The van der Waals surface area contributed by atoms with Crippen LogP contribution in [0, 0.1) is 5.82 Å². The first-order chi connectivity index (χ1) is 8.56. The molecule has 0 amide bonds. The van der Waals surface area contributed by atoms with Gasteiger partial charge < -0.3 is 9.84 Å². The van der Waals surface area contributed by atoms with E-state index in [9.17, 15) is 9.18 Å². The van der Waals surface area contributed by atoms with Gasteiger partial charge in [0.25, 0.3) is 0 Å². The standard InChI is InChI=1S/C13H16ClFO3/c1-2-3-4-5-18-8-9-6-10(14)12(13(16)17)11(15)7-9/h6-7H,2-5,8H2,1H3,(H,16,17). The maximum Gasteiger partial charge on any atom is 0.340 e. The van der Waals surface area contributed by atoms with E-state index in [1.54, 1.807) is 0 Å². The van der Waals surface area contributed by atoms with E-state index in [0.29, 0.717) is 12.2 Å². The van der Waals surface area contributed by atoms with Crippen LogP contribution in [0.1, 0.15) is 42.1 Å². The summed E-state index contributed by atoms with van der Waals surface area (Å²) in [6, 6.07) is 2.57. The summed E-state index contributed by atoms with van der Waals surface area (Å²) in [6.45, 7) is 2.94. The van der Waals surface area contributed by atoms with Crippen molar-refractivity contribution in [3.05, 3.63) is 34.1 Å². The average Bonchev–Trinajstić information content (AvgIpc) is 2.27. The second-order valence-electron chi connectivity index (χ2n) is 4.00. The highest BCUT2D eigenvalue weighted by atomic mass is 35.5. The number of hydrogen-bond acceptors (Lipinski definition) is 2. The van der Waals surface area contributed by atoms with E-state index in [-0.39, 0.29) is 11.6 Å². The molecule has 1 N–H and O–H groups in total. The Kier molecular flexibility index (Phi) is 6.09. The fourth-order valence-corrected chi connectivity index (χ4v) is 1.87. The van der Waals surface area contributed by atoms with Crippen LogP contribution >= 0.6 is 11.6 Å². The number of carboxylic acid groups (broad SMARTS) is 1. The Bertz CT molecular complexity index is 398. The van der Waals surface area contributed by atoms with Crippen molar-refractivity contribution < 1.29 is 19.0 Å². The van der Waals surface area contributed by atoms with Gasteiger partial charge in [0.1, 0.15) is 11.4 Å². The summed E-state index contributed by atoms with van der Waals surface area (Å²) in [4.78, 5) is 10.7. The van der Waals surface area contributed by atoms with Gasteiger partial charge in [-0.1, -0.05) is 31.4 Å². The zero-order valence-corrected chi connectivity index (χ0v) is 11.0. The SMILES string of the molecule is CCCCCOCc1cc(F)c(C(=O)O)c(Cl)c1. The van der Waals surface area contributed by atoms with Gasteiger partial charge in [-0.25, -0.2) is 9.18 Å². The van der Waals surface area contributed by atoms with Crippen molar-refractivity contribution in [3.63, 3.8) is 0 Å². The Hall–Kier alpha value is -1.13. The number of rotatable bonds is 7. The Morgan fingerprint density at radius 1 is 1.44 bits per heavy atom. The Labute approximate surface area is 111 Å². The van der Waals surface area contributed by atoms with E-state index in [1.807, 2.05) is 0 Å². The van der Waals surface area contributed by atoms with Crippen LogP contribution in [0.4, 0.5) is 4.39 Å². The molecule has 0 saturated carbocycles. The van der Waals surface area contributed by atoms with E-state index in [1.165, 1.54) is 6.07 Å². The number of halogens is 2. The second-order valence-corrected chi connectivity index (χ2v) is 4.41. The van der Waals surface area contributed by atoms with Gasteiger partial charge in [-0.15, -0.1) is 0 Å². The highest BCUT2D eigenvalue weighted by Crippen LogP contribution is 2.22. The summed E-state index contributed by atoms with van der Waals surface area (Å²) in [7, 11) is 0. The number of aromatic carboxylic acids is 1. The fourth-order valence-electron chi connectivity index (χ4n) is 1.56. The summed E-state index contributed by atoms with van der Waals surface area (Å²) < 4.78 is 18.8. The fraction of sp³-hybridized carbons (Fsp3) is 0.462. The van der Waals surface area contributed by atoms with Crippen molar-refractivity contribution in [1.82, 2.24) is 0 Å². The van der Waals surface area contributed by atoms with E-state index in [2.05, 4.69) is 6.92 Å². The smallest absolute Gasteiger partial charge is 0.340 e. The quantitative estimate of drug-likeness (QED) is 0.768. The maximum absolute atomic E-state index is 13.5. The van der Waals surface area contributed by atoms with Crippen LogP contribution in [0.2, 0.25) is 5.02 Å². The lowest BCUT2D eigenvalue weighted by atomic mass is 10.1. The molecule has 1 aromatic carbocycles. The number of unbranched alkanes of at least 4 members (excludes halogenated alkanes) is 2. The first-order valence-corrected chi connectivity index (χ1v) is 6.23.